The molecule has 1 heterocycles. The third kappa shape index (κ3) is 3.24. The fraction of sp³-hybridized carbons (Fsp3) is 0.118. The summed E-state index contributed by atoms with van der Waals surface area (Å²) in [5.41, 5.74) is 0.501. The van der Waals surface area contributed by atoms with Gasteiger partial charge in [0.2, 0.25) is 12.0 Å². The summed E-state index contributed by atoms with van der Waals surface area (Å²) in [7, 11) is 0. The van der Waals surface area contributed by atoms with E-state index in [1.165, 1.54) is 13.0 Å². The van der Waals surface area contributed by atoms with Gasteiger partial charge in [-0.2, -0.15) is 0 Å². The number of esters is 1. The second-order valence-corrected chi connectivity index (χ2v) is 5.34. The minimum atomic E-state index is -0.888. The third-order valence-electron chi connectivity index (χ3n) is 3.22. The van der Waals surface area contributed by atoms with E-state index in [0.717, 1.165) is 0 Å². The highest BCUT2D eigenvalue weighted by Gasteiger charge is 2.23. The van der Waals surface area contributed by atoms with Crippen molar-refractivity contribution in [2.75, 3.05) is 0 Å². The van der Waals surface area contributed by atoms with E-state index in [-0.39, 0.29) is 11.3 Å². The zero-order valence-corrected chi connectivity index (χ0v) is 12.9. The van der Waals surface area contributed by atoms with Gasteiger partial charge in [-0.3, -0.25) is 4.79 Å². The van der Waals surface area contributed by atoms with Crippen LogP contribution in [0.15, 0.2) is 57.7 Å². The molecule has 0 aliphatic carbocycles. The van der Waals surface area contributed by atoms with Gasteiger partial charge in [-0.25, -0.2) is 9.78 Å². The van der Waals surface area contributed by atoms with Gasteiger partial charge >= 0.3 is 11.6 Å². The molecule has 3 rings (SSSR count). The predicted octanol–water partition coefficient (Wildman–Crippen LogP) is 3.49. The van der Waals surface area contributed by atoms with Crippen LogP contribution < -0.4 is 5.63 Å². The van der Waals surface area contributed by atoms with Crippen LogP contribution in [0, 0.1) is 0 Å². The molecule has 3 aromatic rings. The zero-order chi connectivity index (χ0) is 16.4. The van der Waals surface area contributed by atoms with Crippen molar-refractivity contribution in [3.05, 3.63) is 75.4 Å². The number of carbonyl (C=O) groups excluding carboxylic acids is 1. The number of aromatic nitrogens is 1. The number of rotatable bonds is 3. The Bertz CT molecular complexity index is 921. The number of ether oxygens (including phenoxy) is 1. The molecule has 116 valence electrons. The van der Waals surface area contributed by atoms with Crippen LogP contribution in [0.2, 0.25) is 5.02 Å². The number of carbonyl (C=O) groups is 1. The summed E-state index contributed by atoms with van der Waals surface area (Å²) >= 11 is 5.88. The molecular weight excluding hydrogens is 318 g/mol. The molecule has 5 nitrogen and oxygen atoms in total. The molecule has 0 saturated heterocycles. The summed E-state index contributed by atoms with van der Waals surface area (Å²) in [5.74, 6) is -0.481. The Hall–Kier alpha value is -2.66. The Morgan fingerprint density at radius 2 is 1.96 bits per heavy atom. The molecule has 0 spiro atoms. The second-order valence-electron chi connectivity index (χ2n) is 4.90. The number of hydrogen-bond donors (Lipinski definition) is 0. The fourth-order valence-electron chi connectivity index (χ4n) is 2.23. The first-order chi connectivity index (χ1) is 11.0. The van der Waals surface area contributed by atoms with E-state index >= 15 is 0 Å². The normalized spacial score (nSPS) is 12.1. The number of nitrogens with zero attached hydrogens (tertiary/aromatic N) is 1. The van der Waals surface area contributed by atoms with Crippen LogP contribution in [0.1, 0.15) is 24.5 Å². The van der Waals surface area contributed by atoms with Gasteiger partial charge in [-0.1, -0.05) is 41.9 Å². The lowest BCUT2D eigenvalue weighted by molar-refractivity contribution is -0.145. The van der Waals surface area contributed by atoms with Gasteiger partial charge in [0.15, 0.2) is 0 Å². The van der Waals surface area contributed by atoms with Gasteiger partial charge in [0.1, 0.15) is 0 Å². The molecule has 0 aliphatic heterocycles. The van der Waals surface area contributed by atoms with Crippen molar-refractivity contribution in [1.29, 1.82) is 0 Å². The van der Waals surface area contributed by atoms with Crippen molar-refractivity contribution in [2.45, 2.75) is 13.0 Å². The Labute approximate surface area is 136 Å². The van der Waals surface area contributed by atoms with Crippen molar-refractivity contribution in [2.24, 2.45) is 0 Å². The van der Waals surface area contributed by atoms with Gasteiger partial charge in [-0.05, 0) is 18.2 Å². The van der Waals surface area contributed by atoms with Gasteiger partial charge in [0, 0.05) is 17.5 Å². The van der Waals surface area contributed by atoms with E-state index in [2.05, 4.69) is 4.98 Å². The minimum Gasteiger partial charge on any atom is -0.448 e. The zero-order valence-electron chi connectivity index (χ0n) is 12.2. The Morgan fingerprint density at radius 3 is 2.65 bits per heavy atom. The molecule has 0 amide bonds. The highest BCUT2D eigenvalue weighted by Crippen LogP contribution is 2.25. The van der Waals surface area contributed by atoms with Gasteiger partial charge in [-0.15, -0.1) is 0 Å². The lowest BCUT2D eigenvalue weighted by Crippen LogP contribution is -2.15. The van der Waals surface area contributed by atoms with Gasteiger partial charge < -0.3 is 9.15 Å². The quantitative estimate of drug-likeness (QED) is 0.688. The molecule has 0 bridgehead atoms. The average molecular weight is 330 g/mol. The molecule has 1 unspecified atom stereocenters. The molecule has 0 N–H and O–H groups in total. The Kier molecular flexibility index (Phi) is 4.12. The first kappa shape index (κ1) is 15.2. The maximum atomic E-state index is 12.2. The first-order valence-corrected chi connectivity index (χ1v) is 7.25. The van der Waals surface area contributed by atoms with Crippen LogP contribution in [0.3, 0.4) is 0 Å². The number of benzene rings is 2. The molecule has 0 radical (unpaired) electrons. The number of halogens is 1. The van der Waals surface area contributed by atoms with Crippen LogP contribution in [0.5, 0.6) is 0 Å². The van der Waals surface area contributed by atoms with Gasteiger partial charge in [0.05, 0.1) is 10.9 Å². The van der Waals surface area contributed by atoms with Crippen molar-refractivity contribution >= 4 is 28.5 Å². The Morgan fingerprint density at radius 1 is 1.22 bits per heavy atom. The van der Waals surface area contributed by atoms with Crippen molar-refractivity contribution in [3.8, 4) is 0 Å². The summed E-state index contributed by atoms with van der Waals surface area (Å²) in [5, 5.41) is 0.690. The monoisotopic (exact) mass is 329 g/mol. The first-order valence-electron chi connectivity index (χ1n) is 6.87. The maximum Gasteiger partial charge on any atom is 0.347 e. The van der Waals surface area contributed by atoms with Crippen molar-refractivity contribution in [1.82, 2.24) is 4.98 Å². The molecule has 1 aromatic heterocycles. The van der Waals surface area contributed by atoms with Crippen molar-refractivity contribution < 1.29 is 13.9 Å². The highest BCUT2D eigenvalue weighted by molar-refractivity contribution is 6.31. The minimum absolute atomic E-state index is 0.0197. The lowest BCUT2D eigenvalue weighted by atomic mass is 10.1. The number of fused-ring (bicyclic) bond motifs is 1. The van der Waals surface area contributed by atoms with E-state index in [1.54, 1.807) is 36.4 Å². The Balaban J connectivity index is 2.16. The highest BCUT2D eigenvalue weighted by atomic mass is 35.5. The van der Waals surface area contributed by atoms with Crippen LogP contribution in [-0.2, 0) is 9.53 Å². The predicted molar refractivity (Wildman–Crippen MR) is 85.3 cm³/mol. The standard InChI is InChI=1S/C17H12ClNO4/c1-10(20)22-15(11-5-3-2-4-6-11)16-19-14-8-7-12(18)9-13(14)17(21)23-16/h2-9,15H,1H3. The summed E-state index contributed by atoms with van der Waals surface area (Å²) in [4.78, 5) is 27.9. The molecule has 0 aliphatic rings. The van der Waals surface area contributed by atoms with Crippen LogP contribution in [0.4, 0.5) is 0 Å². The third-order valence-corrected chi connectivity index (χ3v) is 3.45. The molecule has 0 saturated carbocycles. The summed E-state index contributed by atoms with van der Waals surface area (Å²) in [6.07, 6.45) is -0.888. The van der Waals surface area contributed by atoms with Crippen LogP contribution in [-0.4, -0.2) is 11.0 Å². The maximum absolute atomic E-state index is 12.2. The van der Waals surface area contributed by atoms with E-state index in [4.69, 9.17) is 20.8 Å². The summed E-state index contributed by atoms with van der Waals surface area (Å²) in [6, 6.07) is 13.7. The smallest absolute Gasteiger partial charge is 0.347 e. The van der Waals surface area contributed by atoms with Crippen LogP contribution >= 0.6 is 11.6 Å². The molecule has 2 aromatic carbocycles. The SMILES string of the molecule is CC(=O)OC(c1ccccc1)c1nc2ccc(Cl)cc2c(=O)o1. The lowest BCUT2D eigenvalue weighted by Gasteiger charge is -2.15. The second kappa shape index (κ2) is 6.22. The summed E-state index contributed by atoms with van der Waals surface area (Å²) in [6.45, 7) is 1.29. The average Bonchev–Trinajstić information content (AvgIpc) is 2.54. The van der Waals surface area contributed by atoms with E-state index in [0.29, 0.717) is 16.1 Å². The molecule has 1 atom stereocenters. The summed E-state index contributed by atoms with van der Waals surface area (Å²) < 4.78 is 10.6. The fourth-order valence-corrected chi connectivity index (χ4v) is 2.40. The molecule has 23 heavy (non-hydrogen) atoms. The molecule has 0 fully saturated rings. The topological polar surface area (TPSA) is 69.4 Å². The largest absolute Gasteiger partial charge is 0.448 e. The van der Waals surface area contributed by atoms with Crippen molar-refractivity contribution in [3.63, 3.8) is 0 Å². The van der Waals surface area contributed by atoms with Gasteiger partial charge in [0.25, 0.3) is 0 Å². The van der Waals surface area contributed by atoms with E-state index in [1.807, 2.05) is 6.07 Å². The van der Waals surface area contributed by atoms with E-state index < -0.39 is 17.7 Å². The number of hydrogen-bond acceptors (Lipinski definition) is 5. The van der Waals surface area contributed by atoms with Crippen LogP contribution in [0.25, 0.3) is 10.9 Å². The molecular formula is C17H12ClNO4. The molecule has 6 heteroatoms. The van der Waals surface area contributed by atoms with E-state index in [9.17, 15) is 9.59 Å².